The van der Waals surface area contributed by atoms with Crippen LogP contribution in [0.15, 0.2) is 53.2 Å². The average molecular weight is 426 g/mol. The highest BCUT2D eigenvalue weighted by molar-refractivity contribution is 6.05. The van der Waals surface area contributed by atoms with Crippen molar-refractivity contribution in [3.63, 3.8) is 0 Å². The zero-order valence-electron chi connectivity index (χ0n) is 17.7. The first kappa shape index (κ1) is 20.0. The Morgan fingerprint density at radius 3 is 2.94 bits per heavy atom. The molecule has 7 nitrogen and oxygen atoms in total. The Kier molecular flexibility index (Phi) is 4.98. The van der Waals surface area contributed by atoms with Crippen molar-refractivity contribution in [2.45, 2.75) is 26.2 Å². The molecule has 0 aliphatic carbocycles. The van der Waals surface area contributed by atoms with Crippen molar-refractivity contribution in [3.8, 4) is 6.07 Å². The van der Waals surface area contributed by atoms with Gasteiger partial charge in [0.2, 0.25) is 11.8 Å². The van der Waals surface area contributed by atoms with Crippen molar-refractivity contribution >= 4 is 23.2 Å². The summed E-state index contributed by atoms with van der Waals surface area (Å²) in [5.41, 5.74) is 5.45. The summed E-state index contributed by atoms with van der Waals surface area (Å²) in [5.74, 6) is 0.326. The van der Waals surface area contributed by atoms with Crippen LogP contribution in [0.2, 0.25) is 0 Å². The van der Waals surface area contributed by atoms with Crippen molar-refractivity contribution in [1.82, 2.24) is 5.16 Å². The highest BCUT2D eigenvalue weighted by Gasteiger charge is 2.39. The fourth-order valence-electron chi connectivity index (χ4n) is 4.59. The fraction of sp³-hybridized carbons (Fsp3) is 0.280. The summed E-state index contributed by atoms with van der Waals surface area (Å²) in [7, 11) is 0. The van der Waals surface area contributed by atoms with E-state index < -0.39 is 5.92 Å². The van der Waals surface area contributed by atoms with Crippen molar-refractivity contribution in [1.29, 1.82) is 5.26 Å². The smallest absolute Gasteiger partial charge is 0.232 e. The summed E-state index contributed by atoms with van der Waals surface area (Å²) < 4.78 is 5.15. The minimum Gasteiger partial charge on any atom is -0.361 e. The molecule has 2 aliphatic heterocycles. The first-order valence-electron chi connectivity index (χ1n) is 10.7. The van der Waals surface area contributed by atoms with Crippen LogP contribution in [0.4, 0.5) is 11.4 Å². The number of carbonyl (C=O) groups is 2. The van der Waals surface area contributed by atoms with Gasteiger partial charge < -0.3 is 14.3 Å². The molecule has 3 heterocycles. The number of carbonyl (C=O) groups excluding carboxylic acids is 2. The maximum atomic E-state index is 13.3. The standard InChI is InChI=1S/C25H22N4O3/c1-16-20(14-27-32-16)10-17-5-6-23-19(9-17)7-8-28(23)25(31)21-12-24(30)29(15-21)22-4-2-3-18(11-22)13-26/h2-6,9,11,14,21H,7-8,10,12,15H2,1H3. The Labute approximate surface area is 185 Å². The predicted molar refractivity (Wildman–Crippen MR) is 118 cm³/mol. The van der Waals surface area contributed by atoms with E-state index >= 15 is 0 Å². The topological polar surface area (TPSA) is 90.4 Å². The summed E-state index contributed by atoms with van der Waals surface area (Å²) >= 11 is 0. The minimum atomic E-state index is -0.390. The molecule has 1 saturated heterocycles. The molecule has 2 amide bonds. The van der Waals surface area contributed by atoms with Crippen molar-refractivity contribution < 1.29 is 14.1 Å². The number of nitrogens with zero attached hydrogens (tertiary/aromatic N) is 4. The van der Waals surface area contributed by atoms with Gasteiger partial charge in [0.15, 0.2) is 0 Å². The number of nitriles is 1. The summed E-state index contributed by atoms with van der Waals surface area (Å²) in [4.78, 5) is 29.4. The zero-order chi connectivity index (χ0) is 22.2. The summed E-state index contributed by atoms with van der Waals surface area (Å²) in [6.07, 6.45) is 3.47. The van der Waals surface area contributed by atoms with Crippen LogP contribution < -0.4 is 9.80 Å². The molecule has 1 unspecified atom stereocenters. The van der Waals surface area contributed by atoms with E-state index in [9.17, 15) is 9.59 Å². The third kappa shape index (κ3) is 3.54. The lowest BCUT2D eigenvalue weighted by Gasteiger charge is -2.22. The zero-order valence-corrected chi connectivity index (χ0v) is 17.7. The van der Waals surface area contributed by atoms with Gasteiger partial charge in [0.1, 0.15) is 5.76 Å². The van der Waals surface area contributed by atoms with Crippen LogP contribution in [0.3, 0.4) is 0 Å². The van der Waals surface area contributed by atoms with Gasteiger partial charge in [-0.05, 0) is 48.7 Å². The monoisotopic (exact) mass is 426 g/mol. The van der Waals surface area contributed by atoms with Crippen LogP contribution in [-0.4, -0.2) is 30.1 Å². The molecule has 1 atom stereocenters. The van der Waals surface area contributed by atoms with E-state index in [2.05, 4.69) is 17.3 Å². The van der Waals surface area contributed by atoms with Crippen molar-refractivity contribution in [2.75, 3.05) is 22.9 Å². The number of amides is 2. The second-order valence-electron chi connectivity index (χ2n) is 8.35. The number of hydrogen-bond donors (Lipinski definition) is 0. The molecule has 0 N–H and O–H groups in total. The highest BCUT2D eigenvalue weighted by Crippen LogP contribution is 2.34. The third-order valence-electron chi connectivity index (χ3n) is 6.31. The lowest BCUT2D eigenvalue weighted by molar-refractivity contribution is -0.124. The molecule has 1 aromatic heterocycles. The Morgan fingerprint density at radius 1 is 1.28 bits per heavy atom. The van der Waals surface area contributed by atoms with Crippen LogP contribution in [0.25, 0.3) is 0 Å². The first-order chi connectivity index (χ1) is 15.5. The molecule has 2 aliphatic rings. The van der Waals surface area contributed by atoms with E-state index in [1.165, 1.54) is 0 Å². The lowest BCUT2D eigenvalue weighted by atomic mass is 10.0. The van der Waals surface area contributed by atoms with Crippen LogP contribution in [-0.2, 0) is 22.4 Å². The quantitative estimate of drug-likeness (QED) is 0.638. The summed E-state index contributed by atoms with van der Waals surface area (Å²) in [5, 5.41) is 13.0. The molecule has 1 fully saturated rings. The maximum absolute atomic E-state index is 13.3. The molecule has 0 spiro atoms. The van der Waals surface area contributed by atoms with Gasteiger partial charge in [-0.1, -0.05) is 23.4 Å². The van der Waals surface area contributed by atoms with Gasteiger partial charge in [0.05, 0.1) is 23.7 Å². The molecule has 3 aromatic rings. The number of anilines is 2. The fourth-order valence-corrected chi connectivity index (χ4v) is 4.59. The highest BCUT2D eigenvalue weighted by atomic mass is 16.5. The Balaban J connectivity index is 1.31. The third-order valence-corrected chi connectivity index (χ3v) is 6.31. The normalized spacial score (nSPS) is 17.5. The number of benzene rings is 2. The van der Waals surface area contributed by atoms with E-state index in [1.807, 2.05) is 24.0 Å². The molecule has 0 radical (unpaired) electrons. The first-order valence-corrected chi connectivity index (χ1v) is 10.7. The van der Waals surface area contributed by atoms with Gasteiger partial charge >= 0.3 is 0 Å². The molecule has 32 heavy (non-hydrogen) atoms. The Bertz CT molecular complexity index is 1260. The second kappa shape index (κ2) is 7.97. The molecular formula is C25H22N4O3. The molecular weight excluding hydrogens is 404 g/mol. The minimum absolute atomic E-state index is 0.0151. The molecule has 160 valence electrons. The summed E-state index contributed by atoms with van der Waals surface area (Å²) in [6.45, 7) is 2.86. The predicted octanol–water partition coefficient (Wildman–Crippen LogP) is 3.39. The van der Waals surface area contributed by atoms with Crippen LogP contribution in [0, 0.1) is 24.2 Å². The lowest BCUT2D eigenvalue weighted by Crippen LogP contribution is -2.36. The average Bonchev–Trinajstić information content (AvgIpc) is 3.52. The number of aryl methyl sites for hydroxylation is 1. The SMILES string of the molecule is Cc1oncc1Cc1ccc2c(c1)CCN2C(=O)C1CC(=O)N(c2cccc(C#N)c2)C1. The van der Waals surface area contributed by atoms with E-state index in [0.29, 0.717) is 24.3 Å². The number of hydrogen-bond acceptors (Lipinski definition) is 5. The Hall–Kier alpha value is -3.92. The van der Waals surface area contributed by atoms with E-state index in [0.717, 1.165) is 41.0 Å². The molecule has 0 saturated carbocycles. The second-order valence-corrected chi connectivity index (χ2v) is 8.35. The van der Waals surface area contributed by atoms with Crippen LogP contribution in [0.5, 0.6) is 0 Å². The van der Waals surface area contributed by atoms with Crippen LogP contribution in [0.1, 0.15) is 34.4 Å². The maximum Gasteiger partial charge on any atom is 0.232 e. The van der Waals surface area contributed by atoms with E-state index in [-0.39, 0.29) is 18.2 Å². The summed E-state index contributed by atoms with van der Waals surface area (Å²) in [6, 6.07) is 15.2. The van der Waals surface area contributed by atoms with Crippen molar-refractivity contribution in [3.05, 3.63) is 76.7 Å². The number of fused-ring (bicyclic) bond motifs is 1. The van der Waals surface area contributed by atoms with Gasteiger partial charge in [-0.25, -0.2) is 0 Å². The van der Waals surface area contributed by atoms with E-state index in [4.69, 9.17) is 9.78 Å². The van der Waals surface area contributed by atoms with Gasteiger partial charge in [-0.3, -0.25) is 9.59 Å². The number of aromatic nitrogens is 1. The molecule has 7 heteroatoms. The van der Waals surface area contributed by atoms with Gasteiger partial charge in [0, 0.05) is 42.9 Å². The van der Waals surface area contributed by atoms with Crippen LogP contribution >= 0.6 is 0 Å². The largest absolute Gasteiger partial charge is 0.361 e. The van der Waals surface area contributed by atoms with E-state index in [1.54, 1.807) is 35.4 Å². The van der Waals surface area contributed by atoms with Gasteiger partial charge in [-0.15, -0.1) is 0 Å². The van der Waals surface area contributed by atoms with Crippen molar-refractivity contribution in [2.24, 2.45) is 5.92 Å². The Morgan fingerprint density at radius 2 is 2.16 bits per heavy atom. The molecule has 5 rings (SSSR count). The van der Waals surface area contributed by atoms with Gasteiger partial charge in [0.25, 0.3) is 0 Å². The molecule has 2 aromatic carbocycles. The van der Waals surface area contributed by atoms with Gasteiger partial charge in [-0.2, -0.15) is 5.26 Å². The molecule has 0 bridgehead atoms. The number of rotatable bonds is 4.